The van der Waals surface area contributed by atoms with Gasteiger partial charge in [0.15, 0.2) is 0 Å². The zero-order valence-corrected chi connectivity index (χ0v) is 25.5. The van der Waals surface area contributed by atoms with E-state index in [1.807, 2.05) is 24.3 Å². The molecule has 2 heterocycles. The lowest BCUT2D eigenvalue weighted by molar-refractivity contribution is -0.157. The molecule has 1 saturated heterocycles. The highest BCUT2D eigenvalue weighted by Crippen LogP contribution is 2.24. The summed E-state index contributed by atoms with van der Waals surface area (Å²) in [6.07, 6.45) is 3.29. The number of nitrogens with one attached hydrogen (secondary N) is 3. The maximum Gasteiger partial charge on any atom is 0.408 e. The van der Waals surface area contributed by atoms with Gasteiger partial charge in [0.05, 0.1) is 5.69 Å². The number of carbonyl (C=O) groups is 4. The van der Waals surface area contributed by atoms with Crippen molar-refractivity contribution in [3.8, 4) is 0 Å². The summed E-state index contributed by atoms with van der Waals surface area (Å²) in [5.74, 6) is -1.64. The van der Waals surface area contributed by atoms with E-state index in [1.54, 1.807) is 60.7 Å². The molecule has 2 unspecified atom stereocenters. The molecule has 0 aliphatic carbocycles. The molecule has 0 bridgehead atoms. The Balaban J connectivity index is 1.58. The first-order chi connectivity index (χ1) is 19.7. The van der Waals surface area contributed by atoms with Crippen LogP contribution in [0.1, 0.15) is 78.7 Å². The summed E-state index contributed by atoms with van der Waals surface area (Å²) in [4.78, 5) is 55.8. The number of alkyl carbamates (subject to hydrolysis) is 1. The van der Waals surface area contributed by atoms with Crippen molar-refractivity contribution in [3.63, 3.8) is 0 Å². The second-order valence-corrected chi connectivity index (χ2v) is 11.9. The smallest absolute Gasteiger partial charge is 0.408 e. The minimum atomic E-state index is -0.909. The van der Waals surface area contributed by atoms with Crippen molar-refractivity contribution >= 4 is 40.7 Å². The quantitative estimate of drug-likeness (QED) is 0.377. The number of hydrazine groups is 1. The van der Waals surface area contributed by atoms with Gasteiger partial charge in [-0.2, -0.15) is 0 Å². The zero-order valence-electron chi connectivity index (χ0n) is 25.5. The second kappa shape index (κ2) is 13.8. The van der Waals surface area contributed by atoms with Crippen LogP contribution in [0.25, 0.3) is 16.8 Å². The van der Waals surface area contributed by atoms with Crippen molar-refractivity contribution in [1.82, 2.24) is 26.1 Å². The molecular weight excluding hydrogens is 538 g/mol. The Hall–Kier alpha value is -3.99. The predicted molar refractivity (Wildman–Crippen MR) is 160 cm³/mol. The summed E-state index contributed by atoms with van der Waals surface area (Å²) in [5.41, 5.74) is 3.83. The minimum absolute atomic E-state index is 0.252. The molecule has 1 aliphatic rings. The summed E-state index contributed by atoms with van der Waals surface area (Å²) < 4.78 is 11.0. The van der Waals surface area contributed by atoms with Crippen molar-refractivity contribution in [2.24, 2.45) is 5.92 Å². The normalized spacial score (nSPS) is 17.6. The van der Waals surface area contributed by atoms with E-state index in [4.69, 9.17) is 9.47 Å². The third-order valence-electron chi connectivity index (χ3n) is 6.83. The van der Waals surface area contributed by atoms with Crippen LogP contribution in [0.5, 0.6) is 0 Å². The number of nitrogens with zero attached hydrogens (tertiary/aromatic N) is 2. The number of pyridine rings is 1. The van der Waals surface area contributed by atoms with E-state index in [-0.39, 0.29) is 5.92 Å². The van der Waals surface area contributed by atoms with Gasteiger partial charge in [-0.25, -0.2) is 10.2 Å². The SMILES string of the molecule is C=Cc1cc2cc([C@@H](C)OC(=O)[C@@H]3CCCN(C(=O)C(C)NC(=O)C(NC(=O)OC(C)(C)C)C(C)C)N3)ccc2cn1. The first-order valence-electron chi connectivity index (χ1n) is 14.3. The summed E-state index contributed by atoms with van der Waals surface area (Å²) in [7, 11) is 0. The predicted octanol–water partition coefficient (Wildman–Crippen LogP) is 4.03. The molecule has 1 aromatic carbocycles. The molecule has 1 aliphatic heterocycles. The van der Waals surface area contributed by atoms with Crippen LogP contribution in [0, 0.1) is 5.92 Å². The molecule has 228 valence electrons. The molecule has 2 aromatic rings. The van der Waals surface area contributed by atoms with Gasteiger partial charge in [0.2, 0.25) is 5.91 Å². The van der Waals surface area contributed by atoms with Gasteiger partial charge in [-0.3, -0.25) is 24.4 Å². The standard InChI is InChI=1S/C31H43N5O6/c1-9-24-16-23-15-21(12-13-22(23)17-32-24)20(5)41-29(39)25-11-10-14-36(35-25)28(38)19(4)33-27(37)26(18(2)3)34-30(40)42-31(6,7)8/h9,12-13,15-20,25-26,35H,1,10-11,14H2,2-8H3,(H,33,37)(H,34,40)/t19?,20-,25+,26?/m1/s1. The van der Waals surface area contributed by atoms with Gasteiger partial charge in [-0.05, 0) is 82.5 Å². The van der Waals surface area contributed by atoms with Crippen LogP contribution in [0.2, 0.25) is 0 Å². The number of esters is 1. The first-order valence-corrected chi connectivity index (χ1v) is 14.3. The Kier molecular flexibility index (Phi) is 10.7. The number of hydrogen-bond donors (Lipinski definition) is 3. The lowest BCUT2D eigenvalue weighted by atomic mass is 10.0. The van der Waals surface area contributed by atoms with Crippen LogP contribution in [0.4, 0.5) is 4.79 Å². The van der Waals surface area contributed by atoms with E-state index < -0.39 is 53.7 Å². The molecule has 11 nitrogen and oxygen atoms in total. The van der Waals surface area contributed by atoms with E-state index in [0.29, 0.717) is 19.4 Å². The Morgan fingerprint density at radius 2 is 1.81 bits per heavy atom. The highest BCUT2D eigenvalue weighted by Gasteiger charge is 2.34. The maximum absolute atomic E-state index is 13.2. The first kappa shape index (κ1) is 32.5. The van der Waals surface area contributed by atoms with Crippen molar-refractivity contribution in [3.05, 3.63) is 48.3 Å². The Morgan fingerprint density at radius 3 is 2.45 bits per heavy atom. The second-order valence-electron chi connectivity index (χ2n) is 11.9. The average Bonchev–Trinajstić information content (AvgIpc) is 2.93. The van der Waals surface area contributed by atoms with Crippen molar-refractivity contribution < 1.29 is 28.7 Å². The number of carbonyl (C=O) groups excluding carboxylic acids is 4. The van der Waals surface area contributed by atoms with Crippen molar-refractivity contribution in [2.75, 3.05) is 6.54 Å². The Bertz CT molecular complexity index is 1320. The highest BCUT2D eigenvalue weighted by molar-refractivity contribution is 5.91. The number of ether oxygens (including phenoxy) is 2. The van der Waals surface area contributed by atoms with Crippen molar-refractivity contribution in [2.45, 2.75) is 91.1 Å². The number of fused-ring (bicyclic) bond motifs is 1. The van der Waals surface area contributed by atoms with E-state index in [9.17, 15) is 19.2 Å². The van der Waals surface area contributed by atoms with Gasteiger partial charge in [-0.1, -0.05) is 32.6 Å². The molecule has 3 rings (SSSR count). The molecular formula is C31H43N5O6. The van der Waals surface area contributed by atoms with Crippen LogP contribution in [0.3, 0.4) is 0 Å². The molecule has 1 aromatic heterocycles. The Labute approximate surface area is 247 Å². The Morgan fingerprint density at radius 1 is 1.10 bits per heavy atom. The minimum Gasteiger partial charge on any atom is -0.457 e. The highest BCUT2D eigenvalue weighted by atomic mass is 16.6. The molecule has 4 atom stereocenters. The van der Waals surface area contributed by atoms with Crippen LogP contribution in [0.15, 0.2) is 37.0 Å². The molecule has 1 fully saturated rings. The number of benzene rings is 1. The third kappa shape index (κ3) is 8.75. The number of rotatable bonds is 9. The van der Waals surface area contributed by atoms with Gasteiger partial charge in [0.1, 0.15) is 29.8 Å². The molecule has 42 heavy (non-hydrogen) atoms. The van der Waals surface area contributed by atoms with Gasteiger partial charge < -0.3 is 20.1 Å². The molecule has 3 amide bonds. The van der Waals surface area contributed by atoms with E-state index in [0.717, 1.165) is 22.0 Å². The van der Waals surface area contributed by atoms with Gasteiger partial charge >= 0.3 is 12.1 Å². The largest absolute Gasteiger partial charge is 0.457 e. The third-order valence-corrected chi connectivity index (χ3v) is 6.83. The number of hydrogen-bond acceptors (Lipinski definition) is 8. The summed E-state index contributed by atoms with van der Waals surface area (Å²) in [6, 6.07) is 5.17. The fourth-order valence-corrected chi connectivity index (χ4v) is 4.55. The van der Waals surface area contributed by atoms with Crippen LogP contribution < -0.4 is 16.1 Å². The maximum atomic E-state index is 13.2. The van der Waals surface area contributed by atoms with Crippen LogP contribution >= 0.6 is 0 Å². The number of aromatic nitrogens is 1. The molecule has 11 heteroatoms. The van der Waals surface area contributed by atoms with E-state index in [1.165, 1.54) is 5.01 Å². The molecule has 0 radical (unpaired) electrons. The van der Waals surface area contributed by atoms with Gasteiger partial charge in [-0.15, -0.1) is 0 Å². The topological polar surface area (TPSA) is 139 Å². The summed E-state index contributed by atoms with van der Waals surface area (Å²) in [5, 5.41) is 8.54. The van der Waals surface area contributed by atoms with Crippen LogP contribution in [-0.2, 0) is 23.9 Å². The fourth-order valence-electron chi connectivity index (χ4n) is 4.55. The molecule has 0 saturated carbocycles. The van der Waals surface area contributed by atoms with Crippen molar-refractivity contribution in [1.29, 1.82) is 0 Å². The zero-order chi connectivity index (χ0) is 31.2. The van der Waals surface area contributed by atoms with E-state index in [2.05, 4.69) is 27.6 Å². The molecule has 0 spiro atoms. The van der Waals surface area contributed by atoms with Gasteiger partial charge in [0, 0.05) is 18.1 Å². The fraction of sp³-hybridized carbons (Fsp3) is 0.516. The summed E-state index contributed by atoms with van der Waals surface area (Å²) >= 11 is 0. The summed E-state index contributed by atoms with van der Waals surface area (Å²) in [6.45, 7) is 16.2. The average molecular weight is 582 g/mol. The lowest BCUT2D eigenvalue weighted by Gasteiger charge is -2.35. The monoisotopic (exact) mass is 581 g/mol. The van der Waals surface area contributed by atoms with Gasteiger partial charge in [0.25, 0.3) is 5.91 Å². The van der Waals surface area contributed by atoms with Crippen LogP contribution in [-0.4, -0.2) is 64.1 Å². The molecule has 3 N–H and O–H groups in total. The van der Waals surface area contributed by atoms with E-state index >= 15 is 0 Å². The number of amides is 3. The lowest BCUT2D eigenvalue weighted by Crippen LogP contribution is -2.61.